The van der Waals surface area contributed by atoms with Gasteiger partial charge in [0, 0.05) is 34.6 Å². The Morgan fingerprint density at radius 1 is 1.35 bits per heavy atom. The molecule has 1 aliphatic carbocycles. The number of rotatable bonds is 4. The molecule has 1 saturated carbocycles. The minimum atomic E-state index is 0.120. The Morgan fingerprint density at radius 2 is 2.09 bits per heavy atom. The van der Waals surface area contributed by atoms with E-state index in [9.17, 15) is 4.79 Å². The van der Waals surface area contributed by atoms with Crippen LogP contribution in [0.15, 0.2) is 28.9 Å². The van der Waals surface area contributed by atoms with Crippen LogP contribution in [0.2, 0.25) is 0 Å². The molecule has 0 unspecified atom stereocenters. The number of nitrogens with two attached hydrogens (primary N) is 1. The lowest BCUT2D eigenvalue weighted by molar-refractivity contribution is 0.0988. The van der Waals surface area contributed by atoms with Crippen molar-refractivity contribution in [3.05, 3.63) is 34.4 Å². The first-order valence-corrected chi connectivity index (χ1v) is 9.01. The standard InChI is InChI=1S/C18H22BrN3O/c1-2-17(23)15-10-21-16-8-3-11(19)9-14(16)18(15)22-13-6-4-12(20)5-7-13/h3,8-10,12-13H,2,4-7,20H2,1H3,(H,21,22). The second kappa shape index (κ2) is 6.97. The van der Waals surface area contributed by atoms with Crippen LogP contribution >= 0.6 is 15.9 Å². The predicted molar refractivity (Wildman–Crippen MR) is 97.9 cm³/mol. The van der Waals surface area contributed by atoms with Gasteiger partial charge in [0.15, 0.2) is 5.78 Å². The molecule has 23 heavy (non-hydrogen) atoms. The van der Waals surface area contributed by atoms with E-state index in [0.29, 0.717) is 24.1 Å². The van der Waals surface area contributed by atoms with Gasteiger partial charge in [-0.25, -0.2) is 0 Å². The van der Waals surface area contributed by atoms with Crippen LogP contribution in [-0.4, -0.2) is 22.9 Å². The number of pyridine rings is 1. The summed E-state index contributed by atoms with van der Waals surface area (Å²) < 4.78 is 0.988. The summed E-state index contributed by atoms with van der Waals surface area (Å²) in [6.45, 7) is 1.89. The molecular formula is C18H22BrN3O. The largest absolute Gasteiger partial charge is 0.381 e. The van der Waals surface area contributed by atoms with Crippen LogP contribution in [0.3, 0.4) is 0 Å². The summed E-state index contributed by atoms with van der Waals surface area (Å²) in [6.07, 6.45) is 6.32. The second-order valence-corrected chi connectivity index (χ2v) is 7.16. The normalized spacial score (nSPS) is 21.3. The van der Waals surface area contributed by atoms with Gasteiger partial charge in [-0.3, -0.25) is 9.78 Å². The summed E-state index contributed by atoms with van der Waals surface area (Å²) in [5.41, 5.74) is 8.51. The third-order valence-corrected chi connectivity index (χ3v) is 5.07. The minimum absolute atomic E-state index is 0.120. The number of nitrogens with zero attached hydrogens (tertiary/aromatic N) is 1. The number of halogens is 1. The maximum Gasteiger partial charge on any atom is 0.166 e. The highest BCUT2D eigenvalue weighted by molar-refractivity contribution is 9.10. The summed E-state index contributed by atoms with van der Waals surface area (Å²) in [4.78, 5) is 16.8. The maximum atomic E-state index is 12.3. The van der Waals surface area contributed by atoms with Crippen molar-refractivity contribution < 1.29 is 4.79 Å². The van der Waals surface area contributed by atoms with Gasteiger partial charge in [0.05, 0.1) is 16.8 Å². The van der Waals surface area contributed by atoms with E-state index in [1.165, 1.54) is 0 Å². The van der Waals surface area contributed by atoms with Gasteiger partial charge in [0.1, 0.15) is 0 Å². The predicted octanol–water partition coefficient (Wildman–Crippen LogP) is 4.27. The zero-order chi connectivity index (χ0) is 16.4. The summed E-state index contributed by atoms with van der Waals surface area (Å²) in [5.74, 6) is 0.120. The molecule has 3 N–H and O–H groups in total. The minimum Gasteiger partial charge on any atom is -0.381 e. The molecule has 0 bridgehead atoms. The van der Waals surface area contributed by atoms with Crippen molar-refractivity contribution in [1.29, 1.82) is 0 Å². The molecule has 1 fully saturated rings. The number of hydrogen-bond donors (Lipinski definition) is 2. The van der Waals surface area contributed by atoms with Crippen molar-refractivity contribution in [1.82, 2.24) is 4.98 Å². The topological polar surface area (TPSA) is 68.0 Å². The van der Waals surface area contributed by atoms with E-state index in [1.54, 1.807) is 6.20 Å². The van der Waals surface area contributed by atoms with Crippen molar-refractivity contribution in [2.45, 2.75) is 51.1 Å². The Kier molecular flexibility index (Phi) is 4.97. The van der Waals surface area contributed by atoms with Crippen molar-refractivity contribution in [3.63, 3.8) is 0 Å². The van der Waals surface area contributed by atoms with E-state index >= 15 is 0 Å². The van der Waals surface area contributed by atoms with Gasteiger partial charge >= 0.3 is 0 Å². The molecule has 4 nitrogen and oxygen atoms in total. The molecule has 0 atom stereocenters. The number of benzene rings is 1. The molecule has 3 rings (SSSR count). The van der Waals surface area contributed by atoms with Crippen molar-refractivity contribution in [2.75, 3.05) is 5.32 Å². The number of aromatic nitrogens is 1. The number of nitrogens with one attached hydrogen (secondary N) is 1. The van der Waals surface area contributed by atoms with E-state index in [1.807, 2.05) is 25.1 Å². The highest BCUT2D eigenvalue weighted by Crippen LogP contribution is 2.32. The van der Waals surface area contributed by atoms with Crippen molar-refractivity contribution >= 4 is 38.3 Å². The van der Waals surface area contributed by atoms with Gasteiger partial charge in [-0.15, -0.1) is 0 Å². The van der Waals surface area contributed by atoms with Crippen molar-refractivity contribution in [2.24, 2.45) is 5.73 Å². The summed E-state index contributed by atoms with van der Waals surface area (Å²) >= 11 is 3.52. The molecule has 0 saturated heterocycles. The number of fused-ring (bicyclic) bond motifs is 1. The number of carbonyl (C=O) groups is 1. The Morgan fingerprint density at radius 3 is 2.78 bits per heavy atom. The van der Waals surface area contributed by atoms with E-state index in [-0.39, 0.29) is 5.78 Å². The molecule has 1 heterocycles. The monoisotopic (exact) mass is 375 g/mol. The molecule has 0 amide bonds. The van der Waals surface area contributed by atoms with Crippen LogP contribution < -0.4 is 11.1 Å². The van der Waals surface area contributed by atoms with Crippen LogP contribution in [0.5, 0.6) is 0 Å². The fraction of sp³-hybridized carbons (Fsp3) is 0.444. The fourth-order valence-electron chi connectivity index (χ4n) is 3.19. The Balaban J connectivity index is 2.03. The number of carbonyl (C=O) groups excluding carboxylic acids is 1. The first kappa shape index (κ1) is 16.4. The number of Topliss-reactive ketones (excluding diaryl/α,β-unsaturated/α-hetero) is 1. The van der Waals surface area contributed by atoms with Crippen LogP contribution in [-0.2, 0) is 0 Å². The third-order valence-electron chi connectivity index (χ3n) is 4.57. The fourth-order valence-corrected chi connectivity index (χ4v) is 3.55. The SMILES string of the molecule is CCC(=O)c1cnc2ccc(Br)cc2c1NC1CCC(N)CC1. The molecule has 1 aromatic carbocycles. The third kappa shape index (κ3) is 3.56. The van der Waals surface area contributed by atoms with E-state index in [4.69, 9.17) is 5.73 Å². The Hall–Kier alpha value is -1.46. The summed E-state index contributed by atoms with van der Waals surface area (Å²) in [7, 11) is 0. The number of hydrogen-bond acceptors (Lipinski definition) is 4. The van der Waals surface area contributed by atoms with E-state index in [0.717, 1.165) is 46.7 Å². The lowest BCUT2D eigenvalue weighted by atomic mass is 9.91. The Bertz CT molecular complexity index is 724. The zero-order valence-corrected chi connectivity index (χ0v) is 14.9. The summed E-state index contributed by atoms with van der Waals surface area (Å²) in [6, 6.07) is 6.66. The first-order chi connectivity index (χ1) is 11.1. The molecule has 1 aliphatic rings. The van der Waals surface area contributed by atoms with Gasteiger partial charge in [0.2, 0.25) is 0 Å². The second-order valence-electron chi connectivity index (χ2n) is 6.24. The highest BCUT2D eigenvalue weighted by Gasteiger charge is 2.22. The maximum absolute atomic E-state index is 12.3. The van der Waals surface area contributed by atoms with Crippen LogP contribution in [0, 0.1) is 0 Å². The molecule has 122 valence electrons. The van der Waals surface area contributed by atoms with E-state index < -0.39 is 0 Å². The quantitative estimate of drug-likeness (QED) is 0.782. The van der Waals surface area contributed by atoms with Gasteiger partial charge in [-0.05, 0) is 43.9 Å². The lowest BCUT2D eigenvalue weighted by Gasteiger charge is -2.28. The molecule has 0 aliphatic heterocycles. The first-order valence-electron chi connectivity index (χ1n) is 8.22. The molecule has 0 radical (unpaired) electrons. The highest BCUT2D eigenvalue weighted by atomic mass is 79.9. The lowest BCUT2D eigenvalue weighted by Crippen LogP contribution is -2.33. The summed E-state index contributed by atoms with van der Waals surface area (Å²) in [5, 5.41) is 4.61. The van der Waals surface area contributed by atoms with Gasteiger partial charge < -0.3 is 11.1 Å². The molecular weight excluding hydrogens is 354 g/mol. The van der Waals surface area contributed by atoms with Crippen LogP contribution in [0.1, 0.15) is 49.4 Å². The molecule has 5 heteroatoms. The van der Waals surface area contributed by atoms with Gasteiger partial charge in [0.25, 0.3) is 0 Å². The average Bonchev–Trinajstić information content (AvgIpc) is 2.56. The number of anilines is 1. The van der Waals surface area contributed by atoms with Gasteiger partial charge in [-0.1, -0.05) is 22.9 Å². The average molecular weight is 376 g/mol. The zero-order valence-electron chi connectivity index (χ0n) is 13.3. The number of ketones is 1. The van der Waals surface area contributed by atoms with Crippen LogP contribution in [0.25, 0.3) is 10.9 Å². The van der Waals surface area contributed by atoms with Crippen LogP contribution in [0.4, 0.5) is 5.69 Å². The molecule has 2 aromatic rings. The van der Waals surface area contributed by atoms with Gasteiger partial charge in [-0.2, -0.15) is 0 Å². The smallest absolute Gasteiger partial charge is 0.166 e. The molecule has 0 spiro atoms. The van der Waals surface area contributed by atoms with E-state index in [2.05, 4.69) is 26.2 Å². The molecule has 1 aromatic heterocycles. The van der Waals surface area contributed by atoms with Crippen molar-refractivity contribution in [3.8, 4) is 0 Å². The Labute approximate surface area is 145 Å².